The zero-order chi connectivity index (χ0) is 10.9. The van der Waals surface area contributed by atoms with Crippen LogP contribution in [0, 0.1) is 0 Å². The highest BCUT2D eigenvalue weighted by Gasteiger charge is 2.19. The van der Waals surface area contributed by atoms with Crippen LogP contribution in [-0.2, 0) is 4.74 Å². The Balaban J connectivity index is 2.22. The van der Waals surface area contributed by atoms with Crippen LogP contribution in [0.1, 0.15) is 39.0 Å². The number of nitrogens with zero attached hydrogens (tertiary/aromatic N) is 1. The molecular weight excluding hydrogens is 210 g/mol. The van der Waals surface area contributed by atoms with Crippen molar-refractivity contribution in [1.29, 1.82) is 0 Å². The lowest BCUT2D eigenvalue weighted by Crippen LogP contribution is -2.38. The highest BCUT2D eigenvalue weighted by Crippen LogP contribution is 2.17. The molecule has 1 saturated heterocycles. The van der Waals surface area contributed by atoms with Crippen LogP contribution in [0.4, 0.5) is 0 Å². The Kier molecular flexibility index (Phi) is 7.41. The van der Waals surface area contributed by atoms with Gasteiger partial charge in [0.05, 0.1) is 6.61 Å². The Morgan fingerprint density at radius 2 is 2.13 bits per heavy atom. The van der Waals surface area contributed by atoms with Crippen LogP contribution in [-0.4, -0.2) is 43.1 Å². The number of alkyl halides is 1. The normalized spacial score (nSPS) is 24.0. The van der Waals surface area contributed by atoms with E-state index in [1.165, 1.54) is 32.2 Å². The van der Waals surface area contributed by atoms with Gasteiger partial charge in [0.2, 0.25) is 0 Å². The second-order valence-electron chi connectivity index (χ2n) is 4.31. The molecule has 15 heavy (non-hydrogen) atoms. The first-order valence-corrected chi connectivity index (χ1v) is 6.79. The molecule has 1 unspecified atom stereocenters. The largest absolute Gasteiger partial charge is 0.380 e. The predicted molar refractivity (Wildman–Crippen MR) is 65.7 cm³/mol. The second-order valence-corrected chi connectivity index (χ2v) is 4.61. The van der Waals surface area contributed by atoms with Crippen molar-refractivity contribution in [2.24, 2.45) is 0 Å². The fourth-order valence-corrected chi connectivity index (χ4v) is 2.48. The molecule has 1 heterocycles. The van der Waals surface area contributed by atoms with Crippen molar-refractivity contribution in [3.05, 3.63) is 0 Å². The Morgan fingerprint density at radius 1 is 1.27 bits per heavy atom. The van der Waals surface area contributed by atoms with Gasteiger partial charge in [-0.05, 0) is 25.8 Å². The Labute approximate surface area is 98.9 Å². The molecule has 0 spiro atoms. The van der Waals surface area contributed by atoms with Gasteiger partial charge in [-0.3, -0.25) is 4.90 Å². The molecule has 0 N–H and O–H groups in total. The lowest BCUT2D eigenvalue weighted by Gasteiger charge is -2.28. The molecule has 0 saturated carbocycles. The molecule has 90 valence electrons. The minimum Gasteiger partial charge on any atom is -0.380 e. The molecular formula is C12H24ClNO. The number of likely N-dealkylation sites (tertiary alicyclic amines) is 1. The zero-order valence-corrected chi connectivity index (χ0v) is 10.6. The minimum atomic E-state index is 0.583. The fraction of sp³-hybridized carbons (Fsp3) is 1.00. The number of rotatable bonds is 6. The van der Waals surface area contributed by atoms with Crippen molar-refractivity contribution in [3.63, 3.8) is 0 Å². The summed E-state index contributed by atoms with van der Waals surface area (Å²) in [6, 6.07) is 0.583. The standard InChI is InChI=1S/C12H24ClNO/c1-2-9-15-10-8-14-7-5-3-4-6-12(14)11-13/h12H,2-11H2,1H3. The van der Waals surface area contributed by atoms with Crippen molar-refractivity contribution in [1.82, 2.24) is 4.90 Å². The van der Waals surface area contributed by atoms with Gasteiger partial charge in [-0.25, -0.2) is 0 Å². The van der Waals surface area contributed by atoms with Crippen LogP contribution in [0.5, 0.6) is 0 Å². The van der Waals surface area contributed by atoms with E-state index in [1.807, 2.05) is 0 Å². The summed E-state index contributed by atoms with van der Waals surface area (Å²) in [7, 11) is 0. The van der Waals surface area contributed by atoms with Crippen molar-refractivity contribution in [2.75, 3.05) is 32.2 Å². The average molecular weight is 234 g/mol. The van der Waals surface area contributed by atoms with Gasteiger partial charge < -0.3 is 4.74 Å². The van der Waals surface area contributed by atoms with Crippen LogP contribution in [0.2, 0.25) is 0 Å². The quantitative estimate of drug-likeness (QED) is 0.517. The molecule has 1 fully saturated rings. The van der Waals surface area contributed by atoms with Crippen LogP contribution >= 0.6 is 11.6 Å². The SMILES string of the molecule is CCCOCCN1CCCCCC1CCl. The van der Waals surface area contributed by atoms with Crippen LogP contribution in [0.15, 0.2) is 0 Å². The predicted octanol–water partition coefficient (Wildman–Crippen LogP) is 2.90. The maximum Gasteiger partial charge on any atom is 0.0593 e. The minimum absolute atomic E-state index is 0.583. The third kappa shape index (κ3) is 5.19. The van der Waals surface area contributed by atoms with E-state index in [0.29, 0.717) is 6.04 Å². The van der Waals surface area contributed by atoms with Gasteiger partial charge in [0.15, 0.2) is 0 Å². The first-order chi connectivity index (χ1) is 7.38. The summed E-state index contributed by atoms with van der Waals surface area (Å²) < 4.78 is 5.53. The molecule has 0 aromatic heterocycles. The lowest BCUT2D eigenvalue weighted by molar-refractivity contribution is 0.0918. The topological polar surface area (TPSA) is 12.5 Å². The van der Waals surface area contributed by atoms with Crippen molar-refractivity contribution >= 4 is 11.6 Å². The highest BCUT2D eigenvalue weighted by molar-refractivity contribution is 6.18. The first-order valence-electron chi connectivity index (χ1n) is 6.26. The second kappa shape index (κ2) is 8.37. The van der Waals surface area contributed by atoms with E-state index in [9.17, 15) is 0 Å². The van der Waals surface area contributed by atoms with Crippen molar-refractivity contribution in [2.45, 2.75) is 45.1 Å². The van der Waals surface area contributed by atoms with Gasteiger partial charge in [0.25, 0.3) is 0 Å². The number of hydrogen-bond donors (Lipinski definition) is 0. The van der Waals surface area contributed by atoms with E-state index in [2.05, 4.69) is 11.8 Å². The van der Waals surface area contributed by atoms with Gasteiger partial charge in [0.1, 0.15) is 0 Å². The lowest BCUT2D eigenvalue weighted by atomic mass is 10.1. The molecule has 0 amide bonds. The van der Waals surface area contributed by atoms with E-state index in [-0.39, 0.29) is 0 Å². The molecule has 1 aliphatic rings. The summed E-state index contributed by atoms with van der Waals surface area (Å²) in [5.74, 6) is 0.772. The van der Waals surface area contributed by atoms with E-state index < -0.39 is 0 Å². The summed E-state index contributed by atoms with van der Waals surface area (Å²) in [6.07, 6.45) is 6.39. The summed E-state index contributed by atoms with van der Waals surface area (Å²) >= 11 is 6.01. The molecule has 1 rings (SSSR count). The third-order valence-corrected chi connectivity index (χ3v) is 3.40. The molecule has 1 atom stereocenters. The highest BCUT2D eigenvalue weighted by atomic mass is 35.5. The zero-order valence-electron chi connectivity index (χ0n) is 9.88. The van der Waals surface area contributed by atoms with E-state index in [0.717, 1.165) is 32.1 Å². The Bertz CT molecular complexity index is 155. The molecule has 0 aromatic carbocycles. The smallest absolute Gasteiger partial charge is 0.0593 e. The van der Waals surface area contributed by atoms with E-state index in [1.54, 1.807) is 0 Å². The fourth-order valence-electron chi connectivity index (χ4n) is 2.13. The molecule has 3 heteroatoms. The van der Waals surface area contributed by atoms with Gasteiger partial charge in [-0.1, -0.05) is 19.8 Å². The van der Waals surface area contributed by atoms with Crippen LogP contribution in [0.3, 0.4) is 0 Å². The van der Waals surface area contributed by atoms with Crippen LogP contribution < -0.4 is 0 Å². The maximum atomic E-state index is 6.01. The first kappa shape index (κ1) is 13.3. The molecule has 1 aliphatic heterocycles. The third-order valence-electron chi connectivity index (χ3n) is 3.05. The molecule has 2 nitrogen and oxygen atoms in total. The van der Waals surface area contributed by atoms with Crippen LogP contribution in [0.25, 0.3) is 0 Å². The van der Waals surface area contributed by atoms with Crippen molar-refractivity contribution < 1.29 is 4.74 Å². The number of ether oxygens (including phenoxy) is 1. The van der Waals surface area contributed by atoms with Gasteiger partial charge >= 0.3 is 0 Å². The molecule has 0 bridgehead atoms. The summed E-state index contributed by atoms with van der Waals surface area (Å²) in [5, 5.41) is 0. The number of halogens is 1. The number of hydrogen-bond acceptors (Lipinski definition) is 2. The molecule has 0 aromatic rings. The van der Waals surface area contributed by atoms with Gasteiger partial charge in [-0.2, -0.15) is 0 Å². The van der Waals surface area contributed by atoms with Gasteiger partial charge in [-0.15, -0.1) is 11.6 Å². The summed E-state index contributed by atoms with van der Waals surface area (Å²) in [6.45, 7) is 6.15. The van der Waals surface area contributed by atoms with E-state index >= 15 is 0 Å². The van der Waals surface area contributed by atoms with E-state index in [4.69, 9.17) is 16.3 Å². The Morgan fingerprint density at radius 3 is 2.87 bits per heavy atom. The average Bonchev–Trinajstić information content (AvgIpc) is 2.49. The molecule has 0 aliphatic carbocycles. The monoisotopic (exact) mass is 233 g/mol. The van der Waals surface area contributed by atoms with Crippen molar-refractivity contribution in [3.8, 4) is 0 Å². The Hall–Kier alpha value is 0.210. The van der Waals surface area contributed by atoms with Gasteiger partial charge in [0, 0.05) is 25.1 Å². The molecule has 0 radical (unpaired) electrons. The summed E-state index contributed by atoms with van der Waals surface area (Å²) in [5.41, 5.74) is 0. The maximum absolute atomic E-state index is 6.01. The summed E-state index contributed by atoms with van der Waals surface area (Å²) in [4.78, 5) is 2.51.